The number of nitrogens with one attached hydrogen (secondary N) is 2. The van der Waals surface area contributed by atoms with Crippen LogP contribution in [0.15, 0.2) is 44.5 Å². The van der Waals surface area contributed by atoms with E-state index in [9.17, 15) is 19.8 Å². The van der Waals surface area contributed by atoms with E-state index in [1.165, 1.54) is 18.4 Å². The van der Waals surface area contributed by atoms with Gasteiger partial charge in [-0.15, -0.1) is 0 Å². The fourth-order valence-electron chi connectivity index (χ4n) is 2.81. The lowest BCUT2D eigenvalue weighted by Gasteiger charge is -2.17. The maximum absolute atomic E-state index is 12.4. The minimum absolute atomic E-state index is 0.0693. The molecule has 0 saturated carbocycles. The van der Waals surface area contributed by atoms with Crippen LogP contribution in [0.4, 0.5) is 0 Å². The van der Waals surface area contributed by atoms with Crippen molar-refractivity contribution < 1.29 is 14.6 Å². The van der Waals surface area contributed by atoms with E-state index in [1.54, 1.807) is 26.0 Å². The quantitative estimate of drug-likeness (QED) is 0.585. The molecule has 0 aliphatic carbocycles. The van der Waals surface area contributed by atoms with Gasteiger partial charge in [-0.3, -0.25) is 9.59 Å². The maximum atomic E-state index is 12.4. The van der Waals surface area contributed by atoms with Gasteiger partial charge in [0, 0.05) is 11.4 Å². The van der Waals surface area contributed by atoms with Crippen LogP contribution < -0.4 is 11.1 Å². The summed E-state index contributed by atoms with van der Waals surface area (Å²) in [6.07, 6.45) is 1.39. The van der Waals surface area contributed by atoms with Crippen molar-refractivity contribution in [2.24, 2.45) is 0 Å². The molecular weight excluding hydrogens is 312 g/mol. The first kappa shape index (κ1) is 15.7. The highest BCUT2D eigenvalue weighted by atomic mass is 16.3. The molecule has 3 aromatic heterocycles. The number of aryl methyl sites for hydroxylation is 2. The molecule has 0 unspecified atom stereocenters. The number of rotatable bonds is 3. The van der Waals surface area contributed by atoms with Crippen molar-refractivity contribution in [1.29, 1.82) is 0 Å². The van der Waals surface area contributed by atoms with Gasteiger partial charge in [0.1, 0.15) is 17.3 Å². The van der Waals surface area contributed by atoms with Crippen molar-refractivity contribution in [1.82, 2.24) is 9.97 Å². The summed E-state index contributed by atoms with van der Waals surface area (Å²) in [7, 11) is 0. The summed E-state index contributed by atoms with van der Waals surface area (Å²) in [6, 6.07) is 5.93. The first-order valence-electron chi connectivity index (χ1n) is 7.27. The van der Waals surface area contributed by atoms with Gasteiger partial charge in [-0.05, 0) is 38.1 Å². The van der Waals surface area contributed by atoms with E-state index in [-0.39, 0.29) is 28.4 Å². The van der Waals surface area contributed by atoms with Crippen molar-refractivity contribution in [3.05, 3.63) is 79.5 Å². The van der Waals surface area contributed by atoms with Gasteiger partial charge >= 0.3 is 0 Å². The van der Waals surface area contributed by atoms with Gasteiger partial charge in [0.15, 0.2) is 0 Å². The minimum Gasteiger partial charge on any atom is -0.507 e. The monoisotopic (exact) mass is 328 g/mol. The van der Waals surface area contributed by atoms with Crippen molar-refractivity contribution in [2.75, 3.05) is 0 Å². The summed E-state index contributed by atoms with van der Waals surface area (Å²) in [5, 5.41) is 20.6. The van der Waals surface area contributed by atoms with Gasteiger partial charge in [0.25, 0.3) is 11.1 Å². The normalized spacial score (nSPS) is 11.1. The highest BCUT2D eigenvalue weighted by molar-refractivity contribution is 5.49. The molecule has 0 aliphatic rings. The molecule has 124 valence electrons. The number of aromatic nitrogens is 2. The fraction of sp³-hybridized carbons (Fsp3) is 0.176. The van der Waals surface area contributed by atoms with Crippen LogP contribution in [-0.2, 0) is 0 Å². The molecule has 7 heteroatoms. The predicted octanol–water partition coefficient (Wildman–Crippen LogP) is 1.86. The molecule has 0 atom stereocenters. The lowest BCUT2D eigenvalue weighted by atomic mass is 9.89. The Balaban J connectivity index is 2.37. The van der Waals surface area contributed by atoms with Crippen molar-refractivity contribution in [2.45, 2.75) is 19.8 Å². The summed E-state index contributed by atoms with van der Waals surface area (Å²) >= 11 is 0. The molecule has 7 nitrogen and oxygen atoms in total. The number of aromatic amines is 2. The second kappa shape index (κ2) is 5.77. The molecule has 0 fully saturated rings. The second-order valence-electron chi connectivity index (χ2n) is 5.61. The smallest absolute Gasteiger partial charge is 0.256 e. The minimum atomic E-state index is -1.05. The van der Waals surface area contributed by atoms with Gasteiger partial charge in [-0.1, -0.05) is 0 Å². The average molecular weight is 328 g/mol. The number of hydrogen-bond acceptors (Lipinski definition) is 5. The molecule has 0 bridgehead atoms. The second-order valence-corrected chi connectivity index (χ2v) is 5.61. The molecule has 24 heavy (non-hydrogen) atoms. The lowest BCUT2D eigenvalue weighted by Crippen LogP contribution is -2.24. The standard InChI is InChI=1S/C17H16N2O5/c1-8-6-10(20)13(16(22)18-8)15(12-4-3-5-24-12)14-11(21)7-9(2)19-17(14)23/h3-7,15H,1-2H3,(H2,18,20,22)(H2,19,21,23). The van der Waals surface area contributed by atoms with Crippen LogP contribution in [0.1, 0.15) is 34.2 Å². The van der Waals surface area contributed by atoms with E-state index in [2.05, 4.69) is 9.97 Å². The van der Waals surface area contributed by atoms with Gasteiger partial charge in [-0.25, -0.2) is 0 Å². The van der Waals surface area contributed by atoms with E-state index in [1.807, 2.05) is 0 Å². The first-order valence-corrected chi connectivity index (χ1v) is 7.27. The molecular formula is C17H16N2O5. The Morgan fingerprint density at radius 3 is 1.83 bits per heavy atom. The summed E-state index contributed by atoms with van der Waals surface area (Å²) in [5.74, 6) is -1.35. The molecule has 0 radical (unpaired) electrons. The van der Waals surface area contributed by atoms with Crippen LogP contribution in [0.25, 0.3) is 0 Å². The summed E-state index contributed by atoms with van der Waals surface area (Å²) in [4.78, 5) is 30.0. The Morgan fingerprint density at radius 2 is 1.46 bits per heavy atom. The zero-order valence-corrected chi connectivity index (χ0v) is 13.1. The SMILES string of the molecule is Cc1cc(O)c(C(c2ccco2)c2c(O)cc(C)[nH]c2=O)c(=O)[nH]1. The lowest BCUT2D eigenvalue weighted by molar-refractivity contribution is 0.439. The van der Waals surface area contributed by atoms with Gasteiger partial charge in [-0.2, -0.15) is 0 Å². The molecule has 3 rings (SSSR count). The Hall–Kier alpha value is -3.22. The van der Waals surface area contributed by atoms with Crippen LogP contribution in [0, 0.1) is 13.8 Å². The molecule has 0 spiro atoms. The number of aromatic hydroxyl groups is 2. The van der Waals surface area contributed by atoms with Crippen LogP contribution in [-0.4, -0.2) is 20.2 Å². The zero-order valence-electron chi connectivity index (χ0n) is 13.1. The van der Waals surface area contributed by atoms with Crippen molar-refractivity contribution in [3.63, 3.8) is 0 Å². The van der Waals surface area contributed by atoms with E-state index in [0.29, 0.717) is 11.4 Å². The van der Waals surface area contributed by atoms with Crippen LogP contribution in [0.5, 0.6) is 11.5 Å². The van der Waals surface area contributed by atoms with E-state index >= 15 is 0 Å². The number of pyridine rings is 2. The van der Waals surface area contributed by atoms with Gasteiger partial charge in [0.2, 0.25) is 0 Å². The predicted molar refractivity (Wildman–Crippen MR) is 86.6 cm³/mol. The van der Waals surface area contributed by atoms with Crippen molar-refractivity contribution in [3.8, 4) is 11.5 Å². The average Bonchev–Trinajstić information content (AvgIpc) is 2.97. The Kier molecular flexibility index (Phi) is 3.76. The number of furan rings is 1. The van der Waals surface area contributed by atoms with E-state index < -0.39 is 17.0 Å². The highest BCUT2D eigenvalue weighted by Crippen LogP contribution is 2.37. The molecule has 0 saturated heterocycles. The Morgan fingerprint density at radius 1 is 0.958 bits per heavy atom. The third-order valence-electron chi connectivity index (χ3n) is 3.77. The fourth-order valence-corrected chi connectivity index (χ4v) is 2.81. The Labute approximate surface area is 136 Å². The molecule has 3 aromatic rings. The van der Waals surface area contributed by atoms with Gasteiger partial charge in [0.05, 0.1) is 23.3 Å². The maximum Gasteiger partial charge on any atom is 0.256 e. The van der Waals surface area contributed by atoms with Crippen LogP contribution >= 0.6 is 0 Å². The third kappa shape index (κ3) is 2.60. The summed E-state index contributed by atoms with van der Waals surface area (Å²) in [6.45, 7) is 3.26. The van der Waals surface area contributed by atoms with E-state index in [0.717, 1.165) is 0 Å². The van der Waals surface area contributed by atoms with E-state index in [4.69, 9.17) is 4.42 Å². The van der Waals surface area contributed by atoms with Gasteiger partial charge < -0.3 is 24.6 Å². The summed E-state index contributed by atoms with van der Waals surface area (Å²) in [5.41, 5.74) is -0.315. The van der Waals surface area contributed by atoms with Crippen LogP contribution in [0.3, 0.4) is 0 Å². The Bertz CT molecular complexity index is 933. The molecule has 0 amide bonds. The van der Waals surface area contributed by atoms with Crippen molar-refractivity contribution >= 4 is 0 Å². The zero-order chi connectivity index (χ0) is 17.4. The topological polar surface area (TPSA) is 119 Å². The molecule has 0 aromatic carbocycles. The largest absolute Gasteiger partial charge is 0.507 e. The third-order valence-corrected chi connectivity index (χ3v) is 3.77. The number of hydrogen-bond donors (Lipinski definition) is 4. The summed E-state index contributed by atoms with van der Waals surface area (Å²) < 4.78 is 5.36. The molecule has 0 aliphatic heterocycles. The molecule has 4 N–H and O–H groups in total. The molecule has 3 heterocycles. The highest BCUT2D eigenvalue weighted by Gasteiger charge is 2.30. The first-order chi connectivity index (χ1) is 11.4. The van der Waals surface area contributed by atoms with Crippen LogP contribution in [0.2, 0.25) is 0 Å². The number of H-pyrrole nitrogens is 2.